The maximum Gasteiger partial charge on any atom is 0.307 e. The monoisotopic (exact) mass is 349 g/mol. The summed E-state index contributed by atoms with van der Waals surface area (Å²) in [5.41, 5.74) is 5.23. The average Bonchev–Trinajstić information content (AvgIpc) is 3.04. The Bertz CT molecular complexity index is 922. The Morgan fingerprint density at radius 2 is 1.88 bits per heavy atom. The fourth-order valence-electron chi connectivity index (χ4n) is 3.80. The lowest BCUT2D eigenvalue weighted by Gasteiger charge is -2.29. The standard InChI is InChI=1S/C21H23N3O2/c1-23-9-6-17(7-10-23)15-2-4-16(5-3-15)18-8-11-24-20(12-18)19(14-22-24)13-21(25)26/h2-5,8,11-12,14,17H,6-7,9-10,13H2,1H3,(H,25,26). The summed E-state index contributed by atoms with van der Waals surface area (Å²) in [6.07, 6.45) is 5.95. The highest BCUT2D eigenvalue weighted by Crippen LogP contribution is 2.30. The van der Waals surface area contributed by atoms with Crippen molar-refractivity contribution >= 4 is 11.5 Å². The van der Waals surface area contributed by atoms with Crippen LogP contribution in [0.3, 0.4) is 0 Å². The molecule has 5 heteroatoms. The van der Waals surface area contributed by atoms with E-state index in [1.165, 1.54) is 18.4 Å². The van der Waals surface area contributed by atoms with Gasteiger partial charge in [-0.2, -0.15) is 5.10 Å². The maximum atomic E-state index is 11.0. The zero-order chi connectivity index (χ0) is 18.1. The quantitative estimate of drug-likeness (QED) is 0.784. The van der Waals surface area contributed by atoms with Crippen molar-refractivity contribution in [2.24, 2.45) is 0 Å². The number of carboxylic acid groups (broad SMARTS) is 1. The number of benzene rings is 1. The van der Waals surface area contributed by atoms with Gasteiger partial charge in [-0.05, 0) is 67.7 Å². The number of hydrogen-bond donors (Lipinski definition) is 1. The number of nitrogens with zero attached hydrogens (tertiary/aromatic N) is 3. The van der Waals surface area contributed by atoms with Crippen LogP contribution in [0.1, 0.15) is 29.9 Å². The van der Waals surface area contributed by atoms with Gasteiger partial charge in [-0.15, -0.1) is 0 Å². The second kappa shape index (κ2) is 6.92. The van der Waals surface area contributed by atoms with Crippen molar-refractivity contribution in [2.75, 3.05) is 20.1 Å². The molecular weight excluding hydrogens is 326 g/mol. The topological polar surface area (TPSA) is 57.8 Å². The molecule has 1 aliphatic rings. The molecule has 0 amide bonds. The first-order chi connectivity index (χ1) is 12.6. The largest absolute Gasteiger partial charge is 0.481 e. The van der Waals surface area contributed by atoms with Gasteiger partial charge in [0.05, 0.1) is 18.1 Å². The van der Waals surface area contributed by atoms with Crippen LogP contribution in [0.2, 0.25) is 0 Å². The number of likely N-dealkylation sites (tertiary alicyclic amines) is 1. The van der Waals surface area contributed by atoms with Crippen LogP contribution >= 0.6 is 0 Å². The lowest BCUT2D eigenvalue weighted by atomic mass is 9.89. The average molecular weight is 349 g/mol. The van der Waals surface area contributed by atoms with E-state index >= 15 is 0 Å². The molecule has 134 valence electrons. The van der Waals surface area contributed by atoms with Gasteiger partial charge in [-0.25, -0.2) is 4.52 Å². The fourth-order valence-corrected chi connectivity index (χ4v) is 3.80. The van der Waals surface area contributed by atoms with E-state index < -0.39 is 5.97 Å². The van der Waals surface area contributed by atoms with Crippen molar-refractivity contribution in [1.29, 1.82) is 0 Å². The minimum absolute atomic E-state index is 0.0119. The summed E-state index contributed by atoms with van der Waals surface area (Å²) < 4.78 is 1.73. The summed E-state index contributed by atoms with van der Waals surface area (Å²) in [4.78, 5) is 13.4. The molecule has 3 heterocycles. The minimum Gasteiger partial charge on any atom is -0.481 e. The Hall–Kier alpha value is -2.66. The van der Waals surface area contributed by atoms with Gasteiger partial charge in [0.25, 0.3) is 0 Å². The number of carbonyl (C=O) groups is 1. The number of pyridine rings is 1. The molecule has 3 aromatic rings. The first-order valence-corrected chi connectivity index (χ1v) is 9.07. The summed E-state index contributed by atoms with van der Waals surface area (Å²) >= 11 is 0. The van der Waals surface area contributed by atoms with Crippen LogP contribution in [0.4, 0.5) is 0 Å². The smallest absolute Gasteiger partial charge is 0.307 e. The normalized spacial score (nSPS) is 16.2. The Morgan fingerprint density at radius 3 is 2.58 bits per heavy atom. The molecule has 0 unspecified atom stereocenters. The Morgan fingerprint density at radius 1 is 1.15 bits per heavy atom. The fraction of sp³-hybridized carbons (Fsp3) is 0.333. The number of rotatable bonds is 4. The van der Waals surface area contributed by atoms with E-state index in [0.29, 0.717) is 5.92 Å². The van der Waals surface area contributed by atoms with Crippen LogP contribution in [0.25, 0.3) is 16.6 Å². The van der Waals surface area contributed by atoms with Gasteiger partial charge in [0, 0.05) is 11.8 Å². The first kappa shape index (κ1) is 16.8. The van der Waals surface area contributed by atoms with E-state index in [0.717, 1.165) is 35.3 Å². The highest BCUT2D eigenvalue weighted by molar-refractivity contribution is 5.76. The summed E-state index contributed by atoms with van der Waals surface area (Å²) in [7, 11) is 2.19. The molecule has 2 aromatic heterocycles. The van der Waals surface area contributed by atoms with Crippen molar-refractivity contribution in [1.82, 2.24) is 14.5 Å². The highest BCUT2D eigenvalue weighted by atomic mass is 16.4. The highest BCUT2D eigenvalue weighted by Gasteiger charge is 2.18. The summed E-state index contributed by atoms with van der Waals surface area (Å²) in [5, 5.41) is 13.3. The molecule has 0 spiro atoms. The van der Waals surface area contributed by atoms with Crippen molar-refractivity contribution < 1.29 is 9.90 Å². The molecule has 0 radical (unpaired) electrons. The molecular formula is C21H23N3O2. The van der Waals surface area contributed by atoms with Crippen LogP contribution in [0, 0.1) is 0 Å². The number of aliphatic carboxylic acids is 1. The van der Waals surface area contributed by atoms with E-state index in [1.54, 1.807) is 10.7 Å². The molecule has 5 nitrogen and oxygen atoms in total. The molecule has 1 aromatic carbocycles. The molecule has 0 saturated carbocycles. The van der Waals surface area contributed by atoms with Gasteiger partial charge in [-0.1, -0.05) is 24.3 Å². The zero-order valence-electron chi connectivity index (χ0n) is 14.9. The molecule has 0 bridgehead atoms. The summed E-state index contributed by atoms with van der Waals surface area (Å²) in [6, 6.07) is 12.9. The van der Waals surface area contributed by atoms with Crippen LogP contribution < -0.4 is 0 Å². The molecule has 1 aliphatic heterocycles. The van der Waals surface area contributed by atoms with E-state index in [4.69, 9.17) is 5.11 Å². The lowest BCUT2D eigenvalue weighted by molar-refractivity contribution is -0.136. The van der Waals surface area contributed by atoms with Gasteiger partial charge < -0.3 is 10.0 Å². The molecule has 1 fully saturated rings. The van der Waals surface area contributed by atoms with Gasteiger partial charge in [0.15, 0.2) is 0 Å². The van der Waals surface area contributed by atoms with Gasteiger partial charge in [0.1, 0.15) is 0 Å². The second-order valence-electron chi connectivity index (χ2n) is 7.19. The van der Waals surface area contributed by atoms with Crippen LogP contribution in [0.5, 0.6) is 0 Å². The molecule has 1 N–H and O–H groups in total. The van der Waals surface area contributed by atoms with Crippen LogP contribution in [-0.2, 0) is 11.2 Å². The number of hydrogen-bond acceptors (Lipinski definition) is 3. The number of piperidine rings is 1. The van der Waals surface area contributed by atoms with Gasteiger partial charge >= 0.3 is 5.97 Å². The third-order valence-electron chi connectivity index (χ3n) is 5.38. The minimum atomic E-state index is -0.840. The third-order valence-corrected chi connectivity index (χ3v) is 5.38. The van der Waals surface area contributed by atoms with E-state index in [-0.39, 0.29) is 6.42 Å². The van der Waals surface area contributed by atoms with E-state index in [1.807, 2.05) is 18.3 Å². The number of aromatic nitrogens is 2. The predicted octanol–water partition coefficient (Wildman–Crippen LogP) is 3.44. The Kier molecular flexibility index (Phi) is 4.47. The molecule has 1 saturated heterocycles. The van der Waals surface area contributed by atoms with Crippen molar-refractivity contribution in [3.8, 4) is 11.1 Å². The van der Waals surface area contributed by atoms with Crippen molar-refractivity contribution in [3.05, 3.63) is 59.9 Å². The van der Waals surface area contributed by atoms with Gasteiger partial charge in [-0.3, -0.25) is 4.79 Å². The van der Waals surface area contributed by atoms with Crippen molar-refractivity contribution in [3.63, 3.8) is 0 Å². The van der Waals surface area contributed by atoms with Gasteiger partial charge in [0.2, 0.25) is 0 Å². The molecule has 4 rings (SSSR count). The van der Waals surface area contributed by atoms with Crippen LogP contribution in [-0.4, -0.2) is 45.7 Å². The predicted molar refractivity (Wildman–Crippen MR) is 101 cm³/mol. The zero-order valence-corrected chi connectivity index (χ0v) is 14.9. The molecule has 0 aliphatic carbocycles. The van der Waals surface area contributed by atoms with Crippen LogP contribution in [0.15, 0.2) is 48.8 Å². The Labute approximate surface area is 152 Å². The number of fused-ring (bicyclic) bond motifs is 1. The van der Waals surface area contributed by atoms with E-state index in [9.17, 15) is 4.79 Å². The SMILES string of the molecule is CN1CCC(c2ccc(-c3ccn4ncc(CC(=O)O)c4c3)cc2)CC1. The second-order valence-corrected chi connectivity index (χ2v) is 7.19. The third kappa shape index (κ3) is 3.35. The Balaban J connectivity index is 1.60. The molecule has 26 heavy (non-hydrogen) atoms. The number of carboxylic acids is 1. The molecule has 0 atom stereocenters. The summed E-state index contributed by atoms with van der Waals surface area (Å²) in [6.45, 7) is 2.33. The van der Waals surface area contributed by atoms with Crippen molar-refractivity contribution in [2.45, 2.75) is 25.2 Å². The van der Waals surface area contributed by atoms with E-state index in [2.05, 4.69) is 41.3 Å². The first-order valence-electron chi connectivity index (χ1n) is 9.07. The lowest BCUT2D eigenvalue weighted by Crippen LogP contribution is -2.29. The summed E-state index contributed by atoms with van der Waals surface area (Å²) in [5.74, 6) is -0.187. The maximum absolute atomic E-state index is 11.0.